The van der Waals surface area contributed by atoms with Gasteiger partial charge in [-0.1, -0.05) is 6.92 Å². The molecule has 3 N–H and O–H groups in total. The number of rotatable bonds is 11. The summed E-state index contributed by atoms with van der Waals surface area (Å²) in [6.45, 7) is 4.09. The Kier molecular flexibility index (Phi) is 7.91. The molecule has 0 aliphatic rings. The predicted molar refractivity (Wildman–Crippen MR) is 80.7 cm³/mol. The molecule has 1 aromatic rings. The van der Waals surface area contributed by atoms with Crippen molar-refractivity contribution in [1.82, 2.24) is 15.0 Å². The number of aromatic amines is 1. The fourth-order valence-electron chi connectivity index (χ4n) is 1.76. The van der Waals surface area contributed by atoms with Crippen LogP contribution < -0.4 is 10.0 Å². The molecule has 0 saturated heterocycles. The fraction of sp³-hybridized carbons (Fsp3) is 0.692. The first-order valence-electron chi connectivity index (χ1n) is 6.92. The van der Waals surface area contributed by atoms with Crippen LogP contribution in [-0.4, -0.2) is 53.4 Å². The van der Waals surface area contributed by atoms with E-state index in [-0.39, 0.29) is 17.5 Å². The number of sulfonamides is 1. The van der Waals surface area contributed by atoms with Crippen LogP contribution in [-0.2, 0) is 26.0 Å². The van der Waals surface area contributed by atoms with E-state index >= 15 is 0 Å². The first-order chi connectivity index (χ1) is 10.0. The molecule has 0 radical (unpaired) electrons. The van der Waals surface area contributed by atoms with Crippen molar-refractivity contribution >= 4 is 10.0 Å². The minimum Gasteiger partial charge on any atom is -0.382 e. The van der Waals surface area contributed by atoms with Crippen molar-refractivity contribution in [1.29, 1.82) is 0 Å². The van der Waals surface area contributed by atoms with Crippen LogP contribution >= 0.6 is 0 Å². The maximum absolute atomic E-state index is 12.2. The van der Waals surface area contributed by atoms with Crippen LogP contribution in [0.3, 0.4) is 0 Å². The summed E-state index contributed by atoms with van der Waals surface area (Å²) in [7, 11) is -0.475. The highest BCUT2D eigenvalue weighted by Crippen LogP contribution is 2.10. The number of methoxy groups -OCH3 is 2. The lowest BCUT2D eigenvalue weighted by molar-refractivity contribution is 0.0320. The molecular weight excluding hydrogens is 294 g/mol. The quantitative estimate of drug-likeness (QED) is 0.515. The highest BCUT2D eigenvalue weighted by atomic mass is 32.2. The second kappa shape index (κ2) is 9.16. The molecule has 0 aromatic carbocycles. The van der Waals surface area contributed by atoms with Crippen molar-refractivity contribution in [3.8, 4) is 0 Å². The van der Waals surface area contributed by atoms with Crippen molar-refractivity contribution in [3.05, 3.63) is 18.0 Å². The van der Waals surface area contributed by atoms with Gasteiger partial charge in [-0.05, 0) is 19.0 Å². The lowest BCUT2D eigenvalue weighted by atomic mass is 10.4. The first-order valence-corrected chi connectivity index (χ1v) is 8.41. The maximum atomic E-state index is 12.2. The normalized spacial score (nSPS) is 13.5. The van der Waals surface area contributed by atoms with Crippen LogP contribution in [0.1, 0.15) is 19.0 Å². The Balaban J connectivity index is 2.57. The van der Waals surface area contributed by atoms with Gasteiger partial charge in [-0.3, -0.25) is 0 Å². The van der Waals surface area contributed by atoms with Gasteiger partial charge in [0.15, 0.2) is 0 Å². The number of aromatic nitrogens is 1. The molecule has 0 aliphatic heterocycles. The van der Waals surface area contributed by atoms with E-state index in [9.17, 15) is 8.42 Å². The number of H-pyrrole nitrogens is 1. The van der Waals surface area contributed by atoms with Gasteiger partial charge in [0.1, 0.15) is 0 Å². The van der Waals surface area contributed by atoms with E-state index in [1.54, 1.807) is 13.2 Å². The molecular formula is C13H25N3O4S. The maximum Gasteiger partial charge on any atom is 0.242 e. The molecule has 0 spiro atoms. The van der Waals surface area contributed by atoms with Crippen LogP contribution in [0.25, 0.3) is 0 Å². The van der Waals surface area contributed by atoms with E-state index in [2.05, 4.69) is 21.9 Å². The number of nitrogens with one attached hydrogen (secondary N) is 3. The van der Waals surface area contributed by atoms with Crippen LogP contribution in [0.4, 0.5) is 0 Å². The van der Waals surface area contributed by atoms with Crippen LogP contribution in [0.5, 0.6) is 0 Å². The fourth-order valence-corrected chi connectivity index (χ4v) is 2.84. The number of ether oxygens (including phenoxy) is 2. The van der Waals surface area contributed by atoms with Gasteiger partial charge < -0.3 is 19.8 Å². The van der Waals surface area contributed by atoms with Crippen molar-refractivity contribution in [2.24, 2.45) is 0 Å². The molecule has 1 aromatic heterocycles. The highest BCUT2D eigenvalue weighted by molar-refractivity contribution is 7.89. The molecule has 0 bridgehead atoms. The van der Waals surface area contributed by atoms with Crippen LogP contribution in [0.2, 0.25) is 0 Å². The predicted octanol–water partition coefficient (Wildman–Crippen LogP) is 0.454. The molecule has 21 heavy (non-hydrogen) atoms. The van der Waals surface area contributed by atoms with Gasteiger partial charge in [-0.25, -0.2) is 13.1 Å². The average molecular weight is 319 g/mol. The zero-order valence-corrected chi connectivity index (χ0v) is 13.6. The Bertz CT molecular complexity index is 501. The topological polar surface area (TPSA) is 92.5 Å². The summed E-state index contributed by atoms with van der Waals surface area (Å²) in [5.74, 6) is 0. The van der Waals surface area contributed by atoms with E-state index < -0.39 is 10.0 Å². The Morgan fingerprint density at radius 3 is 2.76 bits per heavy atom. The lowest BCUT2D eigenvalue weighted by Crippen LogP contribution is -2.35. The summed E-state index contributed by atoms with van der Waals surface area (Å²) in [4.78, 5) is 3.19. The van der Waals surface area contributed by atoms with Crippen LogP contribution in [0.15, 0.2) is 17.2 Å². The van der Waals surface area contributed by atoms with Crippen molar-refractivity contribution < 1.29 is 17.9 Å². The molecule has 0 amide bonds. The van der Waals surface area contributed by atoms with Crippen molar-refractivity contribution in [3.63, 3.8) is 0 Å². The van der Waals surface area contributed by atoms with Gasteiger partial charge in [0.05, 0.1) is 17.6 Å². The number of hydrogen-bond acceptors (Lipinski definition) is 5. The molecule has 0 saturated carbocycles. The largest absolute Gasteiger partial charge is 0.382 e. The highest BCUT2D eigenvalue weighted by Gasteiger charge is 2.18. The molecule has 1 unspecified atom stereocenters. The van der Waals surface area contributed by atoms with E-state index in [1.165, 1.54) is 13.3 Å². The number of hydrogen-bond donors (Lipinski definition) is 3. The summed E-state index contributed by atoms with van der Waals surface area (Å²) in [6, 6.07) is 1.63. The summed E-state index contributed by atoms with van der Waals surface area (Å²) >= 11 is 0. The second-order valence-corrected chi connectivity index (χ2v) is 6.47. The summed E-state index contributed by atoms with van der Waals surface area (Å²) in [5.41, 5.74) is 0.837. The molecule has 1 rings (SSSR count). The Hall–Kier alpha value is -0.930. The van der Waals surface area contributed by atoms with Crippen LogP contribution in [0, 0.1) is 0 Å². The monoisotopic (exact) mass is 319 g/mol. The zero-order chi connectivity index (χ0) is 15.7. The van der Waals surface area contributed by atoms with Gasteiger partial charge in [0.2, 0.25) is 10.0 Å². The molecule has 0 aliphatic carbocycles. The van der Waals surface area contributed by atoms with Gasteiger partial charge in [-0.2, -0.15) is 0 Å². The van der Waals surface area contributed by atoms with Gasteiger partial charge in [-0.15, -0.1) is 0 Å². The van der Waals surface area contributed by atoms with Gasteiger partial charge in [0.25, 0.3) is 0 Å². The average Bonchev–Trinajstić information content (AvgIpc) is 2.93. The third-order valence-corrected chi connectivity index (χ3v) is 4.36. The second-order valence-electron chi connectivity index (χ2n) is 4.70. The lowest BCUT2D eigenvalue weighted by Gasteiger charge is -2.14. The SMILES string of the molecule is CCCNCc1cc(S(=O)(=O)NCC(COC)OC)c[nH]1. The Morgan fingerprint density at radius 1 is 1.38 bits per heavy atom. The molecule has 0 fully saturated rings. The molecule has 122 valence electrons. The molecule has 8 heteroatoms. The zero-order valence-electron chi connectivity index (χ0n) is 12.8. The standard InChI is InChI=1S/C13H25N3O4S/c1-4-5-14-7-11-6-13(9-15-11)21(17,18)16-8-12(20-3)10-19-2/h6,9,12,14-16H,4-5,7-8,10H2,1-3H3. The van der Waals surface area contributed by atoms with Gasteiger partial charge >= 0.3 is 0 Å². The van der Waals surface area contributed by atoms with E-state index in [0.29, 0.717) is 13.2 Å². The summed E-state index contributed by atoms with van der Waals surface area (Å²) < 4.78 is 36.9. The molecule has 1 atom stereocenters. The van der Waals surface area contributed by atoms with Crippen molar-refractivity contribution in [2.75, 3.05) is 33.9 Å². The molecule has 1 heterocycles. The van der Waals surface area contributed by atoms with Crippen molar-refractivity contribution in [2.45, 2.75) is 30.9 Å². The summed E-state index contributed by atoms with van der Waals surface area (Å²) in [5, 5.41) is 3.21. The van der Waals surface area contributed by atoms with E-state index in [1.807, 2.05) is 0 Å². The smallest absolute Gasteiger partial charge is 0.242 e. The minimum atomic E-state index is -3.54. The Labute approximate surface area is 126 Å². The third-order valence-electron chi connectivity index (χ3n) is 2.96. The Morgan fingerprint density at radius 2 is 2.14 bits per heavy atom. The van der Waals surface area contributed by atoms with Gasteiger partial charge in [0, 0.05) is 39.2 Å². The minimum absolute atomic E-state index is 0.168. The van der Waals surface area contributed by atoms with E-state index in [0.717, 1.165) is 18.7 Å². The first kappa shape index (κ1) is 18.1. The third kappa shape index (κ3) is 6.15. The van der Waals surface area contributed by atoms with E-state index in [4.69, 9.17) is 9.47 Å². The summed E-state index contributed by atoms with van der Waals surface area (Å²) in [6.07, 6.45) is 2.21. The molecule has 7 nitrogen and oxygen atoms in total.